The van der Waals surface area contributed by atoms with Crippen LogP contribution in [0.5, 0.6) is 0 Å². The Kier molecular flexibility index (Phi) is 3.66. The molecule has 1 aromatic rings. The van der Waals surface area contributed by atoms with Gasteiger partial charge in [-0.2, -0.15) is 11.3 Å². The molecule has 0 N–H and O–H groups in total. The summed E-state index contributed by atoms with van der Waals surface area (Å²) >= 11 is 1.60. The maximum Gasteiger partial charge on any atom is 0.229 e. The van der Waals surface area contributed by atoms with Gasteiger partial charge in [-0.15, -0.1) is 0 Å². The third-order valence-corrected chi connectivity index (χ3v) is 5.80. The van der Waals surface area contributed by atoms with Crippen molar-refractivity contribution in [1.29, 1.82) is 0 Å². The van der Waals surface area contributed by atoms with Crippen LogP contribution >= 0.6 is 11.3 Å². The minimum absolute atomic E-state index is 0.0581. The average molecular weight is 320 g/mol. The van der Waals surface area contributed by atoms with E-state index in [-0.39, 0.29) is 29.8 Å². The minimum atomic E-state index is 0.0581. The Balaban J connectivity index is 1.52. The summed E-state index contributed by atoms with van der Waals surface area (Å²) in [5.41, 5.74) is 0.989. The minimum Gasteiger partial charge on any atom is -0.381 e. The molecule has 5 nitrogen and oxygen atoms in total. The molecule has 22 heavy (non-hydrogen) atoms. The largest absolute Gasteiger partial charge is 0.381 e. The van der Waals surface area contributed by atoms with E-state index < -0.39 is 0 Å². The number of fused-ring (bicyclic) bond motifs is 1. The van der Waals surface area contributed by atoms with Crippen molar-refractivity contribution in [2.45, 2.75) is 37.8 Å². The van der Waals surface area contributed by atoms with Crippen LogP contribution in [0.4, 0.5) is 5.69 Å². The predicted octanol–water partition coefficient (Wildman–Crippen LogP) is 1.88. The molecule has 1 aromatic heterocycles. The van der Waals surface area contributed by atoms with E-state index in [0.717, 1.165) is 31.5 Å². The SMILES string of the molecule is O=C(C1CCOCC1)N1CC[C@H]2[C@H]1CC(=O)N2c1ccsc1. The maximum atomic E-state index is 12.8. The lowest BCUT2D eigenvalue weighted by Crippen LogP contribution is -2.43. The van der Waals surface area contributed by atoms with E-state index in [2.05, 4.69) is 0 Å². The number of ether oxygens (including phenoxy) is 1. The van der Waals surface area contributed by atoms with Crippen LogP contribution in [0.1, 0.15) is 25.7 Å². The van der Waals surface area contributed by atoms with Crippen LogP contribution < -0.4 is 4.90 Å². The van der Waals surface area contributed by atoms with Gasteiger partial charge in [-0.05, 0) is 30.7 Å². The molecular weight excluding hydrogens is 300 g/mol. The van der Waals surface area contributed by atoms with Crippen LogP contribution in [-0.4, -0.2) is 48.6 Å². The molecule has 3 aliphatic heterocycles. The summed E-state index contributed by atoms with van der Waals surface area (Å²) in [7, 11) is 0. The monoisotopic (exact) mass is 320 g/mol. The Labute approximate surface area is 133 Å². The number of thiophene rings is 1. The van der Waals surface area contributed by atoms with Crippen molar-refractivity contribution in [2.75, 3.05) is 24.7 Å². The van der Waals surface area contributed by atoms with Gasteiger partial charge >= 0.3 is 0 Å². The zero-order valence-corrected chi connectivity index (χ0v) is 13.3. The quantitative estimate of drug-likeness (QED) is 0.836. The summed E-state index contributed by atoms with van der Waals surface area (Å²) < 4.78 is 5.35. The molecule has 6 heteroatoms. The molecule has 2 atom stereocenters. The van der Waals surface area contributed by atoms with Crippen molar-refractivity contribution in [2.24, 2.45) is 5.92 Å². The molecule has 0 bridgehead atoms. The molecule has 0 unspecified atom stereocenters. The fourth-order valence-electron chi connectivity index (χ4n) is 4.03. The molecule has 0 spiro atoms. The zero-order valence-electron chi connectivity index (χ0n) is 12.4. The van der Waals surface area contributed by atoms with E-state index in [4.69, 9.17) is 4.74 Å². The Morgan fingerprint density at radius 2 is 2.05 bits per heavy atom. The summed E-state index contributed by atoms with van der Waals surface area (Å²) in [4.78, 5) is 29.1. The van der Waals surface area contributed by atoms with Crippen LogP contribution in [0.15, 0.2) is 16.8 Å². The number of carbonyl (C=O) groups excluding carboxylic acids is 2. The highest BCUT2D eigenvalue weighted by Gasteiger charge is 2.49. The summed E-state index contributed by atoms with van der Waals surface area (Å²) in [6.45, 7) is 2.13. The van der Waals surface area contributed by atoms with E-state index in [1.807, 2.05) is 26.6 Å². The number of carbonyl (C=O) groups is 2. The number of anilines is 1. The van der Waals surface area contributed by atoms with Gasteiger partial charge in [0.1, 0.15) is 0 Å². The lowest BCUT2D eigenvalue weighted by atomic mass is 9.98. The molecule has 4 heterocycles. The molecule has 3 saturated heterocycles. The standard InChI is InChI=1S/C16H20N2O3S/c19-15-9-14-13(18(15)12-4-8-22-10-12)1-5-17(14)16(20)11-2-6-21-7-3-11/h4,8,10-11,13-14H,1-3,5-7,9H2/t13-,14+/m0/s1. The topological polar surface area (TPSA) is 49.9 Å². The van der Waals surface area contributed by atoms with E-state index in [0.29, 0.717) is 19.6 Å². The van der Waals surface area contributed by atoms with Crippen LogP contribution in [0, 0.1) is 5.92 Å². The van der Waals surface area contributed by atoms with Crippen molar-refractivity contribution in [1.82, 2.24) is 4.90 Å². The normalized spacial score (nSPS) is 29.2. The maximum absolute atomic E-state index is 12.8. The summed E-state index contributed by atoms with van der Waals surface area (Å²) in [6.07, 6.45) is 2.99. The number of amides is 2. The zero-order chi connectivity index (χ0) is 15.1. The fraction of sp³-hybridized carbons (Fsp3) is 0.625. The fourth-order valence-corrected chi connectivity index (χ4v) is 4.66. The van der Waals surface area contributed by atoms with Gasteiger partial charge in [-0.3, -0.25) is 9.59 Å². The van der Waals surface area contributed by atoms with Crippen molar-refractivity contribution < 1.29 is 14.3 Å². The van der Waals surface area contributed by atoms with Crippen LogP contribution in [0.2, 0.25) is 0 Å². The van der Waals surface area contributed by atoms with Gasteiger partial charge in [0.05, 0.1) is 17.8 Å². The first-order chi connectivity index (χ1) is 10.8. The van der Waals surface area contributed by atoms with Gasteiger partial charge in [0.25, 0.3) is 0 Å². The number of likely N-dealkylation sites (tertiary alicyclic amines) is 1. The van der Waals surface area contributed by atoms with Crippen LogP contribution in [-0.2, 0) is 14.3 Å². The Bertz CT molecular complexity index is 568. The lowest BCUT2D eigenvalue weighted by Gasteiger charge is -2.30. The summed E-state index contributed by atoms with van der Waals surface area (Å²) in [5.74, 6) is 0.464. The van der Waals surface area contributed by atoms with Crippen molar-refractivity contribution in [3.8, 4) is 0 Å². The molecule has 0 saturated carbocycles. The van der Waals surface area contributed by atoms with Crippen molar-refractivity contribution >= 4 is 28.8 Å². The van der Waals surface area contributed by atoms with Gasteiger partial charge in [0.15, 0.2) is 0 Å². The first-order valence-electron chi connectivity index (χ1n) is 7.98. The molecule has 4 rings (SSSR count). The van der Waals surface area contributed by atoms with Crippen molar-refractivity contribution in [3.63, 3.8) is 0 Å². The van der Waals surface area contributed by atoms with Gasteiger partial charge in [0.2, 0.25) is 11.8 Å². The van der Waals surface area contributed by atoms with Crippen molar-refractivity contribution in [3.05, 3.63) is 16.8 Å². The highest BCUT2D eigenvalue weighted by atomic mass is 32.1. The first kappa shape index (κ1) is 14.2. The third-order valence-electron chi connectivity index (χ3n) is 5.13. The molecule has 0 aromatic carbocycles. The van der Waals surface area contributed by atoms with E-state index in [9.17, 15) is 9.59 Å². The van der Waals surface area contributed by atoms with Gasteiger partial charge < -0.3 is 14.5 Å². The van der Waals surface area contributed by atoms with E-state index in [1.165, 1.54) is 0 Å². The van der Waals surface area contributed by atoms with E-state index in [1.54, 1.807) is 11.3 Å². The number of hydrogen-bond donors (Lipinski definition) is 0. The average Bonchev–Trinajstić information content (AvgIpc) is 3.24. The highest BCUT2D eigenvalue weighted by Crippen LogP contribution is 2.37. The molecule has 2 amide bonds. The Hall–Kier alpha value is -1.40. The Morgan fingerprint density at radius 3 is 2.77 bits per heavy atom. The third kappa shape index (κ3) is 2.25. The van der Waals surface area contributed by atoms with Gasteiger partial charge in [-0.1, -0.05) is 0 Å². The van der Waals surface area contributed by atoms with Gasteiger partial charge in [0, 0.05) is 37.5 Å². The predicted molar refractivity (Wildman–Crippen MR) is 83.9 cm³/mol. The second-order valence-electron chi connectivity index (χ2n) is 6.29. The highest BCUT2D eigenvalue weighted by molar-refractivity contribution is 7.08. The lowest BCUT2D eigenvalue weighted by molar-refractivity contribution is -0.139. The number of rotatable bonds is 2. The molecule has 118 valence electrons. The van der Waals surface area contributed by atoms with Crippen LogP contribution in [0.3, 0.4) is 0 Å². The smallest absolute Gasteiger partial charge is 0.229 e. The second kappa shape index (κ2) is 5.66. The molecular formula is C16H20N2O3S. The Morgan fingerprint density at radius 1 is 1.23 bits per heavy atom. The van der Waals surface area contributed by atoms with Gasteiger partial charge in [-0.25, -0.2) is 0 Å². The first-order valence-corrected chi connectivity index (χ1v) is 8.92. The molecule has 3 aliphatic rings. The molecule has 0 radical (unpaired) electrons. The number of nitrogens with zero attached hydrogens (tertiary/aromatic N) is 2. The molecule has 3 fully saturated rings. The number of hydrogen-bond acceptors (Lipinski definition) is 4. The van der Waals surface area contributed by atoms with E-state index >= 15 is 0 Å². The summed E-state index contributed by atoms with van der Waals surface area (Å²) in [5, 5.41) is 4.01. The summed E-state index contributed by atoms with van der Waals surface area (Å²) in [6, 6.07) is 2.21. The van der Waals surface area contributed by atoms with Crippen LogP contribution in [0.25, 0.3) is 0 Å². The second-order valence-corrected chi connectivity index (χ2v) is 7.07. The molecule has 0 aliphatic carbocycles.